The number of carbonyl (C=O) groups excluding carboxylic acids is 3. The third kappa shape index (κ3) is 3.86. The number of ether oxygens (including phenoxy) is 4. The number of H-pyrrole nitrogens is 1. The Hall–Kier alpha value is -3.28. The number of aromatic nitrogens is 4. The molecule has 1 aliphatic rings. The largest absolute Gasteiger partial charge is 0.463 e. The monoisotopic (exact) mass is 394 g/mol. The van der Waals surface area contributed by atoms with E-state index >= 15 is 0 Å². The van der Waals surface area contributed by atoms with Gasteiger partial charge in [-0.15, -0.1) is 0 Å². The second kappa shape index (κ2) is 7.76. The molecule has 1 saturated heterocycles. The minimum absolute atomic E-state index is 0.0827. The first-order valence-electron chi connectivity index (χ1n) is 8.31. The van der Waals surface area contributed by atoms with Gasteiger partial charge in [-0.3, -0.25) is 23.7 Å². The summed E-state index contributed by atoms with van der Waals surface area (Å²) in [6.07, 6.45) is -1.68. The highest BCUT2D eigenvalue weighted by Crippen LogP contribution is 2.35. The van der Waals surface area contributed by atoms with Gasteiger partial charge in [0.1, 0.15) is 19.0 Å². The second-order valence-corrected chi connectivity index (χ2v) is 6.07. The highest BCUT2D eigenvalue weighted by atomic mass is 16.7. The van der Waals surface area contributed by atoms with Crippen molar-refractivity contribution in [3.63, 3.8) is 0 Å². The van der Waals surface area contributed by atoms with Crippen LogP contribution in [-0.2, 0) is 33.3 Å². The van der Waals surface area contributed by atoms with E-state index in [4.69, 9.17) is 18.9 Å². The molecule has 0 aliphatic carbocycles. The van der Waals surface area contributed by atoms with E-state index in [1.807, 2.05) is 0 Å². The Morgan fingerprint density at radius 3 is 2.43 bits per heavy atom. The van der Waals surface area contributed by atoms with Crippen molar-refractivity contribution in [1.29, 1.82) is 0 Å². The molecular formula is C16H18N4O8. The molecule has 2 aromatic rings. The zero-order valence-corrected chi connectivity index (χ0v) is 15.3. The van der Waals surface area contributed by atoms with Gasteiger partial charge in [-0.25, -0.2) is 9.97 Å². The van der Waals surface area contributed by atoms with Crippen LogP contribution >= 0.6 is 0 Å². The summed E-state index contributed by atoms with van der Waals surface area (Å²) >= 11 is 0. The normalized spacial score (nSPS) is 24.1. The number of hydrogen-bond donors (Lipinski definition) is 1. The van der Waals surface area contributed by atoms with Gasteiger partial charge in [0, 0.05) is 20.8 Å². The Kier molecular flexibility index (Phi) is 5.40. The first kappa shape index (κ1) is 19.5. The van der Waals surface area contributed by atoms with Crippen molar-refractivity contribution in [3.8, 4) is 0 Å². The van der Waals surface area contributed by atoms with Crippen molar-refractivity contribution in [2.75, 3.05) is 6.61 Å². The van der Waals surface area contributed by atoms with Gasteiger partial charge in [-0.1, -0.05) is 0 Å². The molecule has 0 aromatic carbocycles. The smallest absolute Gasteiger partial charge is 0.303 e. The molecule has 0 radical (unpaired) electrons. The van der Waals surface area contributed by atoms with Crippen LogP contribution in [0.3, 0.4) is 0 Å². The van der Waals surface area contributed by atoms with E-state index in [9.17, 15) is 19.2 Å². The van der Waals surface area contributed by atoms with E-state index < -0.39 is 48.0 Å². The van der Waals surface area contributed by atoms with E-state index in [1.165, 1.54) is 38.0 Å². The number of aromatic amines is 1. The number of rotatable bonds is 5. The zero-order chi connectivity index (χ0) is 20.4. The fourth-order valence-corrected chi connectivity index (χ4v) is 2.99. The molecule has 3 heterocycles. The van der Waals surface area contributed by atoms with Crippen LogP contribution in [0.4, 0.5) is 0 Å². The standard InChI is InChI=1S/C16H18N4O8/c1-7(21)25-4-10-12(26-8(2)22)13(27-9(3)23)16(28-10)20-6-19-14-11(20)15(24)18-5-17-14/h5-6,10,12-13,16H,4H2,1-3H3,(H,17,18,24)/t10-,12-,13-,16-/m0/s1. The highest BCUT2D eigenvalue weighted by molar-refractivity contribution is 5.70. The van der Waals surface area contributed by atoms with Crippen molar-refractivity contribution in [1.82, 2.24) is 19.5 Å². The topological polar surface area (TPSA) is 152 Å². The molecule has 1 N–H and O–H groups in total. The van der Waals surface area contributed by atoms with Gasteiger partial charge in [0.05, 0.1) is 6.33 Å². The molecule has 3 rings (SSSR count). The van der Waals surface area contributed by atoms with Gasteiger partial charge < -0.3 is 23.9 Å². The lowest BCUT2D eigenvalue weighted by atomic mass is 10.1. The Morgan fingerprint density at radius 1 is 1.11 bits per heavy atom. The Bertz CT molecular complexity index is 967. The molecule has 0 unspecified atom stereocenters. The van der Waals surface area contributed by atoms with Crippen molar-refractivity contribution in [2.24, 2.45) is 0 Å². The van der Waals surface area contributed by atoms with Crippen molar-refractivity contribution in [3.05, 3.63) is 23.0 Å². The van der Waals surface area contributed by atoms with Crippen LogP contribution in [0.2, 0.25) is 0 Å². The van der Waals surface area contributed by atoms with E-state index in [2.05, 4.69) is 15.0 Å². The van der Waals surface area contributed by atoms with E-state index in [0.29, 0.717) is 0 Å². The SMILES string of the molecule is CC(=O)OC[C@@H]1O[C@H](n2cnc3nc[nH]c(=O)c32)[C@@H](OC(C)=O)[C@H]1OC(C)=O. The third-order valence-corrected chi connectivity index (χ3v) is 3.99. The minimum atomic E-state index is -1.11. The average Bonchev–Trinajstić information content (AvgIpc) is 3.16. The number of nitrogens with one attached hydrogen (secondary N) is 1. The lowest BCUT2D eigenvalue weighted by Gasteiger charge is -2.23. The summed E-state index contributed by atoms with van der Waals surface area (Å²) in [5, 5.41) is 0. The maximum Gasteiger partial charge on any atom is 0.303 e. The number of esters is 3. The van der Waals surface area contributed by atoms with Crippen LogP contribution in [0.25, 0.3) is 11.2 Å². The Morgan fingerprint density at radius 2 is 1.79 bits per heavy atom. The Balaban J connectivity index is 2.03. The molecule has 150 valence electrons. The molecule has 1 aliphatic heterocycles. The fraction of sp³-hybridized carbons (Fsp3) is 0.500. The summed E-state index contributed by atoms with van der Waals surface area (Å²) < 4.78 is 22.8. The molecule has 4 atom stereocenters. The van der Waals surface area contributed by atoms with E-state index in [1.54, 1.807) is 0 Å². The summed E-state index contributed by atoms with van der Waals surface area (Å²) in [6, 6.07) is 0. The van der Waals surface area contributed by atoms with E-state index in [0.717, 1.165) is 0 Å². The van der Waals surface area contributed by atoms with E-state index in [-0.39, 0.29) is 17.8 Å². The lowest BCUT2D eigenvalue weighted by Crippen LogP contribution is -2.40. The molecule has 1 fully saturated rings. The van der Waals surface area contributed by atoms with Gasteiger partial charge in [0.15, 0.2) is 29.6 Å². The number of carbonyl (C=O) groups is 3. The number of fused-ring (bicyclic) bond motifs is 1. The molecule has 0 bridgehead atoms. The molecule has 0 saturated carbocycles. The highest BCUT2D eigenvalue weighted by Gasteiger charge is 2.51. The molecular weight excluding hydrogens is 376 g/mol. The predicted molar refractivity (Wildman–Crippen MR) is 89.8 cm³/mol. The van der Waals surface area contributed by atoms with Crippen LogP contribution in [0.1, 0.15) is 27.0 Å². The first-order valence-corrected chi connectivity index (χ1v) is 8.31. The van der Waals surface area contributed by atoms with Gasteiger partial charge >= 0.3 is 17.9 Å². The van der Waals surface area contributed by atoms with Crippen molar-refractivity contribution >= 4 is 29.1 Å². The minimum Gasteiger partial charge on any atom is -0.463 e. The molecule has 28 heavy (non-hydrogen) atoms. The average molecular weight is 394 g/mol. The fourth-order valence-electron chi connectivity index (χ4n) is 2.99. The van der Waals surface area contributed by atoms with Crippen LogP contribution in [0, 0.1) is 0 Å². The summed E-state index contributed by atoms with van der Waals surface area (Å²) in [6.45, 7) is 3.33. The van der Waals surface area contributed by atoms with Crippen LogP contribution in [0.5, 0.6) is 0 Å². The quantitative estimate of drug-likeness (QED) is 0.516. The van der Waals surface area contributed by atoms with Crippen LogP contribution < -0.4 is 5.56 Å². The van der Waals surface area contributed by atoms with Crippen LogP contribution in [-0.4, -0.2) is 62.3 Å². The third-order valence-electron chi connectivity index (χ3n) is 3.99. The predicted octanol–water partition coefficient (Wildman–Crippen LogP) is -0.556. The van der Waals surface area contributed by atoms with Gasteiger partial charge in [0.2, 0.25) is 0 Å². The molecule has 0 spiro atoms. The van der Waals surface area contributed by atoms with Gasteiger partial charge in [-0.2, -0.15) is 0 Å². The molecule has 0 amide bonds. The maximum absolute atomic E-state index is 12.2. The van der Waals surface area contributed by atoms with Crippen molar-refractivity contribution in [2.45, 2.75) is 45.3 Å². The maximum atomic E-state index is 12.2. The van der Waals surface area contributed by atoms with Crippen molar-refractivity contribution < 1.29 is 33.3 Å². The lowest BCUT2D eigenvalue weighted by molar-refractivity contribution is -0.166. The summed E-state index contributed by atoms with van der Waals surface area (Å²) in [5.74, 6) is -1.86. The van der Waals surface area contributed by atoms with Gasteiger partial charge in [-0.05, 0) is 0 Å². The van der Waals surface area contributed by atoms with Crippen LogP contribution in [0.15, 0.2) is 17.4 Å². The molecule has 2 aromatic heterocycles. The summed E-state index contributed by atoms with van der Waals surface area (Å²) in [4.78, 5) is 57.0. The Labute approximate surface area is 157 Å². The molecule has 12 heteroatoms. The van der Waals surface area contributed by atoms with Gasteiger partial charge in [0.25, 0.3) is 5.56 Å². The summed E-state index contributed by atoms with van der Waals surface area (Å²) in [7, 11) is 0. The number of imidazole rings is 1. The first-order chi connectivity index (χ1) is 13.3. The summed E-state index contributed by atoms with van der Waals surface area (Å²) in [5.41, 5.74) is -0.249. The molecule has 12 nitrogen and oxygen atoms in total. The number of nitrogens with zero attached hydrogens (tertiary/aromatic N) is 3. The number of hydrogen-bond acceptors (Lipinski definition) is 10. The zero-order valence-electron chi connectivity index (χ0n) is 15.3. The second-order valence-electron chi connectivity index (χ2n) is 6.07.